The summed E-state index contributed by atoms with van der Waals surface area (Å²) in [5.41, 5.74) is 9.59. The largest absolute Gasteiger partial charge is 0.417 e. The summed E-state index contributed by atoms with van der Waals surface area (Å²) in [6.45, 7) is 0. The van der Waals surface area contributed by atoms with E-state index in [1.165, 1.54) is 12.1 Å². The molecule has 104 valence electrons. The Bertz CT molecular complexity index is 651. The molecule has 3 nitrogen and oxygen atoms in total. The highest BCUT2D eigenvalue weighted by atomic mass is 19.4. The van der Waals surface area contributed by atoms with E-state index in [1.807, 2.05) is 0 Å². The van der Waals surface area contributed by atoms with Gasteiger partial charge in [-0.25, -0.2) is 0 Å². The van der Waals surface area contributed by atoms with Crippen molar-refractivity contribution in [2.45, 2.75) is 6.18 Å². The van der Waals surface area contributed by atoms with Crippen LogP contribution in [0.4, 0.5) is 18.9 Å². The van der Waals surface area contributed by atoms with E-state index in [9.17, 15) is 18.0 Å². The second-order valence-electron chi connectivity index (χ2n) is 4.18. The Balaban J connectivity index is 2.80. The molecule has 20 heavy (non-hydrogen) atoms. The van der Waals surface area contributed by atoms with E-state index in [-0.39, 0.29) is 22.4 Å². The van der Waals surface area contributed by atoms with Crippen LogP contribution >= 0.6 is 0 Å². The van der Waals surface area contributed by atoms with Crippen molar-refractivity contribution in [3.63, 3.8) is 0 Å². The molecular formula is C14H11F3N2O. The Morgan fingerprint density at radius 2 is 1.60 bits per heavy atom. The third kappa shape index (κ3) is 2.45. The van der Waals surface area contributed by atoms with E-state index >= 15 is 0 Å². The molecule has 2 aromatic rings. The number of benzene rings is 2. The van der Waals surface area contributed by atoms with Crippen LogP contribution in [0.5, 0.6) is 0 Å². The van der Waals surface area contributed by atoms with E-state index < -0.39 is 17.6 Å². The Labute approximate surface area is 113 Å². The molecule has 0 aromatic heterocycles. The maximum atomic E-state index is 13.1. The number of anilines is 1. The molecule has 0 bridgehead atoms. The molecule has 0 aliphatic heterocycles. The molecule has 0 saturated heterocycles. The summed E-state index contributed by atoms with van der Waals surface area (Å²) < 4.78 is 39.2. The number of carbonyl (C=O) groups is 1. The van der Waals surface area contributed by atoms with E-state index in [1.54, 1.807) is 18.2 Å². The van der Waals surface area contributed by atoms with Crippen LogP contribution in [-0.4, -0.2) is 5.91 Å². The van der Waals surface area contributed by atoms with Gasteiger partial charge in [0.15, 0.2) is 0 Å². The van der Waals surface area contributed by atoms with Gasteiger partial charge in [0.2, 0.25) is 0 Å². The lowest BCUT2D eigenvalue weighted by atomic mass is 9.94. The van der Waals surface area contributed by atoms with Gasteiger partial charge in [-0.15, -0.1) is 0 Å². The van der Waals surface area contributed by atoms with Crippen LogP contribution in [-0.2, 0) is 6.18 Å². The number of carbonyl (C=O) groups excluding carboxylic acids is 1. The minimum atomic E-state index is -4.57. The third-order valence-electron chi connectivity index (χ3n) is 2.88. The van der Waals surface area contributed by atoms with Gasteiger partial charge in [0.25, 0.3) is 5.91 Å². The summed E-state index contributed by atoms with van der Waals surface area (Å²) in [5.74, 6) is -0.867. The highest BCUT2D eigenvalue weighted by molar-refractivity contribution is 6.02. The first kappa shape index (κ1) is 13.9. The van der Waals surface area contributed by atoms with Crippen molar-refractivity contribution in [1.29, 1.82) is 0 Å². The fourth-order valence-electron chi connectivity index (χ4n) is 1.99. The van der Waals surface area contributed by atoms with Crippen LogP contribution in [0.3, 0.4) is 0 Å². The van der Waals surface area contributed by atoms with Gasteiger partial charge in [-0.2, -0.15) is 13.2 Å². The van der Waals surface area contributed by atoms with Crippen molar-refractivity contribution in [2.75, 3.05) is 5.73 Å². The van der Waals surface area contributed by atoms with Crippen molar-refractivity contribution >= 4 is 11.6 Å². The van der Waals surface area contributed by atoms with Gasteiger partial charge in [0, 0.05) is 5.56 Å². The van der Waals surface area contributed by atoms with E-state index in [4.69, 9.17) is 11.5 Å². The number of alkyl halides is 3. The topological polar surface area (TPSA) is 69.1 Å². The Morgan fingerprint density at radius 1 is 1.00 bits per heavy atom. The molecule has 0 aliphatic rings. The van der Waals surface area contributed by atoms with Gasteiger partial charge >= 0.3 is 6.18 Å². The minimum absolute atomic E-state index is 0.128. The zero-order valence-electron chi connectivity index (χ0n) is 10.2. The van der Waals surface area contributed by atoms with Gasteiger partial charge < -0.3 is 11.5 Å². The average molecular weight is 280 g/mol. The Kier molecular flexibility index (Phi) is 3.40. The molecule has 0 unspecified atom stereocenters. The molecule has 0 fully saturated rings. The van der Waals surface area contributed by atoms with Crippen LogP contribution in [0.25, 0.3) is 11.1 Å². The SMILES string of the molecule is NC(=O)c1ccc(C(F)(F)F)c(-c2ccccc2)c1N. The standard InChI is InChI=1S/C14H11F3N2O/c15-14(16,17)10-7-6-9(13(19)20)12(18)11(10)8-4-2-1-3-5-8/h1-7H,18H2,(H2,19,20). The maximum Gasteiger partial charge on any atom is 0.417 e. The summed E-state index contributed by atoms with van der Waals surface area (Å²) in [4.78, 5) is 11.2. The third-order valence-corrected chi connectivity index (χ3v) is 2.88. The summed E-state index contributed by atoms with van der Waals surface area (Å²) in [6, 6.07) is 9.64. The molecule has 0 saturated carbocycles. The number of hydrogen-bond donors (Lipinski definition) is 2. The smallest absolute Gasteiger partial charge is 0.398 e. The van der Waals surface area contributed by atoms with Crippen molar-refractivity contribution in [3.8, 4) is 11.1 Å². The molecule has 1 amide bonds. The van der Waals surface area contributed by atoms with E-state index in [0.29, 0.717) is 0 Å². The first-order valence-electron chi connectivity index (χ1n) is 5.67. The van der Waals surface area contributed by atoms with Crippen LogP contribution in [0, 0.1) is 0 Å². The van der Waals surface area contributed by atoms with Gasteiger partial charge in [-0.1, -0.05) is 30.3 Å². The number of amides is 1. The molecule has 6 heteroatoms. The Morgan fingerprint density at radius 3 is 2.10 bits per heavy atom. The maximum absolute atomic E-state index is 13.1. The number of primary amides is 1. The predicted octanol–water partition coefficient (Wildman–Crippen LogP) is 3.05. The van der Waals surface area contributed by atoms with Crippen LogP contribution in [0.2, 0.25) is 0 Å². The van der Waals surface area contributed by atoms with E-state index in [0.717, 1.165) is 12.1 Å². The van der Waals surface area contributed by atoms with Crippen LogP contribution < -0.4 is 11.5 Å². The fraction of sp³-hybridized carbons (Fsp3) is 0.0714. The molecule has 0 atom stereocenters. The van der Waals surface area contributed by atoms with Crippen molar-refractivity contribution in [1.82, 2.24) is 0 Å². The van der Waals surface area contributed by atoms with Gasteiger partial charge in [0.1, 0.15) is 0 Å². The quantitative estimate of drug-likeness (QED) is 0.830. The monoisotopic (exact) mass is 280 g/mol. The van der Waals surface area contributed by atoms with Gasteiger partial charge in [-0.05, 0) is 17.7 Å². The molecule has 4 N–H and O–H groups in total. The fourth-order valence-corrected chi connectivity index (χ4v) is 1.99. The molecule has 0 aliphatic carbocycles. The number of halogens is 3. The number of nitrogen functional groups attached to an aromatic ring is 1. The molecule has 2 rings (SSSR count). The Hall–Kier alpha value is -2.50. The highest BCUT2D eigenvalue weighted by Crippen LogP contribution is 2.41. The zero-order chi connectivity index (χ0) is 14.9. The highest BCUT2D eigenvalue weighted by Gasteiger charge is 2.35. The zero-order valence-corrected chi connectivity index (χ0v) is 10.2. The normalized spacial score (nSPS) is 11.3. The minimum Gasteiger partial charge on any atom is -0.398 e. The summed E-state index contributed by atoms with van der Waals surface area (Å²) in [5, 5.41) is 0. The lowest BCUT2D eigenvalue weighted by Crippen LogP contribution is -2.17. The van der Waals surface area contributed by atoms with Crippen molar-refractivity contribution < 1.29 is 18.0 Å². The van der Waals surface area contributed by atoms with Crippen LogP contribution in [0.15, 0.2) is 42.5 Å². The summed E-state index contributed by atoms with van der Waals surface area (Å²) in [7, 11) is 0. The summed E-state index contributed by atoms with van der Waals surface area (Å²) in [6.07, 6.45) is -4.57. The molecule has 0 heterocycles. The predicted molar refractivity (Wildman–Crippen MR) is 69.8 cm³/mol. The second kappa shape index (κ2) is 4.88. The van der Waals surface area contributed by atoms with Crippen LogP contribution in [0.1, 0.15) is 15.9 Å². The van der Waals surface area contributed by atoms with Crippen molar-refractivity contribution in [3.05, 3.63) is 53.6 Å². The van der Waals surface area contributed by atoms with E-state index in [2.05, 4.69) is 0 Å². The van der Waals surface area contributed by atoms with Crippen molar-refractivity contribution in [2.24, 2.45) is 5.73 Å². The molecule has 2 aromatic carbocycles. The molecule has 0 spiro atoms. The van der Waals surface area contributed by atoms with Gasteiger partial charge in [-0.3, -0.25) is 4.79 Å². The first-order chi connectivity index (χ1) is 9.32. The number of rotatable bonds is 2. The summed E-state index contributed by atoms with van der Waals surface area (Å²) >= 11 is 0. The average Bonchev–Trinajstić information content (AvgIpc) is 2.37. The lowest BCUT2D eigenvalue weighted by Gasteiger charge is -2.17. The molecular weight excluding hydrogens is 269 g/mol. The first-order valence-corrected chi connectivity index (χ1v) is 5.67. The number of hydrogen-bond acceptors (Lipinski definition) is 2. The lowest BCUT2D eigenvalue weighted by molar-refractivity contribution is -0.137. The second-order valence-corrected chi connectivity index (χ2v) is 4.18. The molecule has 0 radical (unpaired) electrons. The van der Waals surface area contributed by atoms with Gasteiger partial charge in [0.05, 0.1) is 16.8 Å². The number of nitrogens with two attached hydrogens (primary N) is 2.